The monoisotopic (exact) mass is 493 g/mol. The van der Waals surface area contributed by atoms with Crippen molar-refractivity contribution in [1.29, 1.82) is 0 Å². The van der Waals surface area contributed by atoms with Gasteiger partial charge in [0.05, 0.1) is 6.10 Å². The lowest BCUT2D eigenvalue weighted by molar-refractivity contribution is 0.0321. The molecule has 0 N–H and O–H groups in total. The van der Waals surface area contributed by atoms with Crippen LogP contribution in [-0.4, -0.2) is 61.8 Å². The van der Waals surface area contributed by atoms with E-state index in [4.69, 9.17) is 4.74 Å². The standard InChI is InChI=1S/C18H31N.C9H19NO.C3H8.C2H6/c1-15(2)19(6)13-12-16(3)14-18(4,5)17-10-8-7-9-11-17;1-8(2)10-6-4-9(11-3)5-7-10;1-3-2;1-2/h7-11,15-16H,12-14H2,1-6H3;8-9H,4-7H2,1-3H3;3H2,1-2H3;1-2H3. The summed E-state index contributed by atoms with van der Waals surface area (Å²) in [4.78, 5) is 4.95. The zero-order chi connectivity index (χ0) is 27.4. The predicted octanol–water partition coefficient (Wildman–Crippen LogP) is 8.67. The summed E-state index contributed by atoms with van der Waals surface area (Å²) in [6.07, 6.45) is 6.71. The van der Waals surface area contributed by atoms with Gasteiger partial charge in [-0.25, -0.2) is 0 Å². The minimum atomic E-state index is 0.275. The second-order valence-electron chi connectivity index (χ2n) is 11.2. The van der Waals surface area contributed by atoms with Crippen molar-refractivity contribution in [2.24, 2.45) is 5.92 Å². The maximum absolute atomic E-state index is 5.29. The summed E-state index contributed by atoms with van der Waals surface area (Å²) < 4.78 is 5.29. The summed E-state index contributed by atoms with van der Waals surface area (Å²) in [6, 6.07) is 12.3. The molecule has 0 radical (unpaired) electrons. The van der Waals surface area contributed by atoms with E-state index in [1.165, 1.54) is 57.3 Å². The van der Waals surface area contributed by atoms with Crippen molar-refractivity contribution in [3.63, 3.8) is 0 Å². The minimum absolute atomic E-state index is 0.275. The summed E-state index contributed by atoms with van der Waals surface area (Å²) in [5.41, 5.74) is 1.73. The molecule has 1 atom stereocenters. The van der Waals surface area contributed by atoms with E-state index in [0.29, 0.717) is 18.2 Å². The van der Waals surface area contributed by atoms with Crippen LogP contribution in [0, 0.1) is 5.92 Å². The Morgan fingerprint density at radius 2 is 1.46 bits per heavy atom. The van der Waals surface area contributed by atoms with Gasteiger partial charge < -0.3 is 14.5 Å². The Hall–Kier alpha value is -0.900. The van der Waals surface area contributed by atoms with E-state index in [-0.39, 0.29) is 5.41 Å². The summed E-state index contributed by atoms with van der Waals surface area (Å²) in [7, 11) is 4.04. The fraction of sp³-hybridized carbons (Fsp3) is 0.812. The first kappa shape index (κ1) is 36.3. The van der Waals surface area contributed by atoms with Crippen LogP contribution in [0.25, 0.3) is 0 Å². The van der Waals surface area contributed by atoms with Crippen molar-refractivity contribution >= 4 is 0 Å². The molecule has 1 aromatic rings. The van der Waals surface area contributed by atoms with Gasteiger partial charge in [-0.2, -0.15) is 0 Å². The van der Waals surface area contributed by atoms with Crippen LogP contribution in [0.4, 0.5) is 0 Å². The Labute approximate surface area is 222 Å². The topological polar surface area (TPSA) is 15.7 Å². The quantitative estimate of drug-likeness (QED) is 0.343. The van der Waals surface area contributed by atoms with Crippen LogP contribution in [-0.2, 0) is 10.2 Å². The largest absolute Gasteiger partial charge is 0.381 e. The molecular formula is C32H64N2O. The van der Waals surface area contributed by atoms with Crippen LogP contribution in [0.3, 0.4) is 0 Å². The number of ether oxygens (including phenoxy) is 1. The molecule has 1 aromatic carbocycles. The number of methoxy groups -OCH3 is 1. The lowest BCUT2D eigenvalue weighted by Gasteiger charge is -2.33. The van der Waals surface area contributed by atoms with E-state index in [9.17, 15) is 0 Å². The van der Waals surface area contributed by atoms with Crippen molar-refractivity contribution in [3.8, 4) is 0 Å². The molecular weight excluding hydrogens is 428 g/mol. The number of nitrogens with zero attached hydrogens (tertiary/aromatic N) is 2. The van der Waals surface area contributed by atoms with Crippen LogP contribution in [0.1, 0.15) is 114 Å². The second-order valence-corrected chi connectivity index (χ2v) is 11.2. The molecule has 0 bridgehead atoms. The van der Waals surface area contributed by atoms with Crippen molar-refractivity contribution in [1.82, 2.24) is 9.80 Å². The van der Waals surface area contributed by atoms with Crippen molar-refractivity contribution in [2.75, 3.05) is 33.8 Å². The first-order chi connectivity index (χ1) is 16.5. The fourth-order valence-corrected chi connectivity index (χ4v) is 4.29. The maximum Gasteiger partial charge on any atom is 0.0595 e. The third-order valence-electron chi connectivity index (χ3n) is 6.81. The van der Waals surface area contributed by atoms with Crippen molar-refractivity contribution in [3.05, 3.63) is 35.9 Å². The highest BCUT2D eigenvalue weighted by atomic mass is 16.5. The molecule has 3 heteroatoms. The van der Waals surface area contributed by atoms with Gasteiger partial charge in [-0.05, 0) is 83.9 Å². The highest BCUT2D eigenvalue weighted by Crippen LogP contribution is 2.31. The Morgan fingerprint density at radius 1 is 0.971 bits per heavy atom. The van der Waals surface area contributed by atoms with Crippen molar-refractivity contribution < 1.29 is 4.74 Å². The first-order valence-electron chi connectivity index (χ1n) is 14.5. The van der Waals surface area contributed by atoms with E-state index < -0.39 is 0 Å². The Balaban J connectivity index is 0. The third-order valence-corrected chi connectivity index (χ3v) is 6.81. The predicted molar refractivity (Wildman–Crippen MR) is 160 cm³/mol. The smallest absolute Gasteiger partial charge is 0.0595 e. The van der Waals surface area contributed by atoms with Gasteiger partial charge in [-0.3, -0.25) is 0 Å². The van der Waals surface area contributed by atoms with E-state index in [0.717, 1.165) is 5.92 Å². The highest BCUT2D eigenvalue weighted by Gasteiger charge is 2.23. The van der Waals surface area contributed by atoms with Gasteiger partial charge in [0, 0.05) is 32.3 Å². The van der Waals surface area contributed by atoms with E-state index in [1.54, 1.807) is 0 Å². The zero-order valence-corrected chi connectivity index (χ0v) is 26.2. The molecule has 0 spiro atoms. The van der Waals surface area contributed by atoms with E-state index in [2.05, 4.69) is 109 Å². The number of benzene rings is 1. The van der Waals surface area contributed by atoms with Gasteiger partial charge in [0.1, 0.15) is 0 Å². The van der Waals surface area contributed by atoms with E-state index in [1.807, 2.05) is 21.0 Å². The van der Waals surface area contributed by atoms with Gasteiger partial charge in [-0.15, -0.1) is 0 Å². The average Bonchev–Trinajstić information content (AvgIpc) is 2.85. The first-order valence-corrected chi connectivity index (χ1v) is 14.5. The number of hydrogen-bond acceptors (Lipinski definition) is 3. The number of hydrogen-bond donors (Lipinski definition) is 0. The van der Waals surface area contributed by atoms with Crippen LogP contribution < -0.4 is 0 Å². The molecule has 1 unspecified atom stereocenters. The van der Waals surface area contributed by atoms with Gasteiger partial charge >= 0.3 is 0 Å². The molecule has 208 valence electrons. The summed E-state index contributed by atoms with van der Waals surface area (Å²) >= 11 is 0. The van der Waals surface area contributed by atoms with Gasteiger partial charge in [0.25, 0.3) is 0 Å². The van der Waals surface area contributed by atoms with Gasteiger partial charge in [-0.1, -0.05) is 85.2 Å². The summed E-state index contributed by atoms with van der Waals surface area (Å²) in [5.74, 6) is 0.761. The average molecular weight is 493 g/mol. The Morgan fingerprint density at radius 3 is 1.86 bits per heavy atom. The molecule has 2 rings (SSSR count). The fourth-order valence-electron chi connectivity index (χ4n) is 4.29. The van der Waals surface area contributed by atoms with Gasteiger partial charge in [0.2, 0.25) is 0 Å². The molecule has 1 heterocycles. The van der Waals surface area contributed by atoms with Crippen LogP contribution in [0.2, 0.25) is 0 Å². The molecule has 0 amide bonds. The van der Waals surface area contributed by atoms with Crippen molar-refractivity contribution in [2.45, 2.75) is 132 Å². The highest BCUT2D eigenvalue weighted by molar-refractivity contribution is 5.23. The molecule has 1 fully saturated rings. The SMILES string of the molecule is CC.CC(CCN(C)C(C)C)CC(C)(C)c1ccccc1.CCC.COC1CCN(C(C)C)CC1. The molecule has 0 saturated carbocycles. The second kappa shape index (κ2) is 21.2. The van der Waals surface area contributed by atoms with Crippen LogP contribution >= 0.6 is 0 Å². The van der Waals surface area contributed by atoms with E-state index >= 15 is 0 Å². The molecule has 0 aromatic heterocycles. The number of likely N-dealkylation sites (tertiary alicyclic amines) is 1. The Bertz CT molecular complexity index is 562. The van der Waals surface area contributed by atoms with Crippen LogP contribution in [0.15, 0.2) is 30.3 Å². The molecule has 0 aliphatic carbocycles. The maximum atomic E-state index is 5.29. The lowest BCUT2D eigenvalue weighted by atomic mass is 9.77. The third kappa shape index (κ3) is 17.2. The Kier molecular flexibility index (Phi) is 22.0. The minimum Gasteiger partial charge on any atom is -0.381 e. The zero-order valence-electron chi connectivity index (χ0n) is 26.2. The molecule has 1 saturated heterocycles. The molecule has 3 nitrogen and oxygen atoms in total. The lowest BCUT2D eigenvalue weighted by Crippen LogP contribution is -2.40. The number of rotatable bonds is 9. The normalized spacial score (nSPS) is 15.5. The van der Waals surface area contributed by atoms with Crippen LogP contribution in [0.5, 0.6) is 0 Å². The van der Waals surface area contributed by atoms with Gasteiger partial charge in [0.15, 0.2) is 0 Å². The summed E-state index contributed by atoms with van der Waals surface area (Å²) in [6.45, 7) is 28.0. The summed E-state index contributed by atoms with van der Waals surface area (Å²) in [5, 5.41) is 0. The molecule has 1 aliphatic rings. The number of piperidine rings is 1. The molecule has 1 aliphatic heterocycles. The molecule has 35 heavy (non-hydrogen) atoms.